The van der Waals surface area contributed by atoms with Crippen LogP contribution in [0.4, 0.5) is 0 Å². The van der Waals surface area contributed by atoms with E-state index in [4.69, 9.17) is 18.4 Å². The quantitative estimate of drug-likeness (QED) is 0.217. The van der Waals surface area contributed by atoms with Crippen LogP contribution in [0, 0.1) is 0 Å². The molecule has 0 aliphatic carbocycles. The van der Waals surface area contributed by atoms with Crippen LogP contribution in [0.5, 0.6) is 0 Å². The van der Waals surface area contributed by atoms with E-state index < -0.39 is 46.2 Å². The lowest BCUT2D eigenvalue weighted by molar-refractivity contribution is -0.198. The monoisotopic (exact) mass is 641 g/mol. The summed E-state index contributed by atoms with van der Waals surface area (Å²) in [7, 11) is -4.41. The number of hydrogen-bond acceptors (Lipinski definition) is 9. The lowest BCUT2D eigenvalue weighted by Crippen LogP contribution is -2.49. The van der Waals surface area contributed by atoms with Crippen LogP contribution in [-0.4, -0.2) is 58.6 Å². The van der Waals surface area contributed by atoms with Crippen molar-refractivity contribution in [1.29, 1.82) is 0 Å². The van der Waals surface area contributed by atoms with Crippen LogP contribution in [-0.2, 0) is 40.7 Å². The molecule has 4 atom stereocenters. The third-order valence-electron chi connectivity index (χ3n) is 8.45. The predicted octanol–water partition coefficient (Wildman–Crippen LogP) is 4.65. The van der Waals surface area contributed by atoms with Gasteiger partial charge in [0.25, 0.3) is 0 Å². The molecule has 2 fully saturated rings. The highest BCUT2D eigenvalue weighted by atomic mass is 32.2. The second-order valence-corrected chi connectivity index (χ2v) is 13.2. The predicted molar refractivity (Wildman–Crippen MR) is 170 cm³/mol. The van der Waals surface area contributed by atoms with E-state index in [-0.39, 0.29) is 6.61 Å². The van der Waals surface area contributed by atoms with Gasteiger partial charge in [-0.25, -0.2) is 15.0 Å². The Morgan fingerprint density at radius 2 is 1.41 bits per heavy atom. The van der Waals surface area contributed by atoms with E-state index in [1.807, 2.05) is 112 Å². The van der Waals surface area contributed by atoms with E-state index >= 15 is 0 Å². The van der Waals surface area contributed by atoms with Gasteiger partial charge in [-0.2, -0.15) is 13.1 Å². The van der Waals surface area contributed by atoms with Gasteiger partial charge in [0.2, 0.25) is 0 Å². The SMILES string of the molecule is CCc1ncnc2c1ncn2[C@@H]1O[C@H](COS(=O)(=O)NC(c2ccccc2)(c2ccccc2)c2ccccc2)[C@H]2OC(C)(C)O[C@H]21. The Morgan fingerprint density at radius 1 is 0.848 bits per heavy atom. The number of aryl methyl sites for hydroxylation is 1. The number of benzene rings is 3. The van der Waals surface area contributed by atoms with Gasteiger partial charge in [0.1, 0.15) is 35.7 Å². The maximum Gasteiger partial charge on any atom is 0.337 e. The molecule has 7 rings (SSSR count). The van der Waals surface area contributed by atoms with Crippen molar-refractivity contribution in [2.45, 2.75) is 63.1 Å². The van der Waals surface area contributed by atoms with Crippen molar-refractivity contribution in [1.82, 2.24) is 24.2 Å². The molecule has 0 radical (unpaired) electrons. The van der Waals surface area contributed by atoms with Gasteiger partial charge in [-0.1, -0.05) is 97.9 Å². The van der Waals surface area contributed by atoms with E-state index in [9.17, 15) is 8.42 Å². The van der Waals surface area contributed by atoms with Crippen molar-refractivity contribution in [3.05, 3.63) is 126 Å². The molecule has 5 aromatic rings. The molecule has 0 spiro atoms. The van der Waals surface area contributed by atoms with Gasteiger partial charge >= 0.3 is 10.3 Å². The van der Waals surface area contributed by atoms with E-state index in [2.05, 4.69) is 19.7 Å². The Balaban J connectivity index is 1.20. The van der Waals surface area contributed by atoms with Crippen LogP contribution in [0.1, 0.15) is 49.4 Å². The molecule has 0 saturated carbocycles. The number of fused-ring (bicyclic) bond motifs is 2. The van der Waals surface area contributed by atoms with Gasteiger partial charge in [0.15, 0.2) is 17.7 Å². The molecule has 2 saturated heterocycles. The van der Waals surface area contributed by atoms with Crippen LogP contribution < -0.4 is 4.72 Å². The van der Waals surface area contributed by atoms with E-state index in [1.54, 1.807) is 10.9 Å². The van der Waals surface area contributed by atoms with Gasteiger partial charge in [0.05, 0.1) is 18.6 Å². The first-order valence-electron chi connectivity index (χ1n) is 15.2. The first-order chi connectivity index (χ1) is 22.2. The largest absolute Gasteiger partial charge is 0.347 e. The van der Waals surface area contributed by atoms with Crippen molar-refractivity contribution in [3.8, 4) is 0 Å². The topological polar surface area (TPSA) is 127 Å². The molecule has 1 N–H and O–H groups in total. The molecule has 2 aliphatic rings. The standard InChI is InChI=1S/C34H35N5O6S/c1-4-26-28-31(36-21-35-26)39(22-37-28)32-30-29(44-33(2,3)45-30)27(43-32)20-42-46(40,41)38-34(23-14-8-5-9-15-23,24-16-10-6-11-17-24)25-18-12-7-13-19-25/h5-19,21-22,27,29-30,32,38H,4,20H2,1-3H3/t27-,29-,30-,32-/m1/s1. The highest BCUT2D eigenvalue weighted by molar-refractivity contribution is 7.84. The minimum Gasteiger partial charge on any atom is -0.347 e. The molecule has 2 aliphatic heterocycles. The summed E-state index contributed by atoms with van der Waals surface area (Å²) in [5.41, 5.74) is 2.99. The number of imidazole rings is 1. The van der Waals surface area contributed by atoms with Crippen LogP contribution in [0.3, 0.4) is 0 Å². The summed E-state index contributed by atoms with van der Waals surface area (Å²) < 4.78 is 57.4. The summed E-state index contributed by atoms with van der Waals surface area (Å²) in [4.78, 5) is 13.3. The third kappa shape index (κ3) is 5.51. The lowest BCUT2D eigenvalue weighted by atomic mass is 9.78. The molecule has 12 heteroatoms. The summed E-state index contributed by atoms with van der Waals surface area (Å²) in [6.45, 7) is 5.32. The van der Waals surface area contributed by atoms with Gasteiger partial charge in [-0.15, -0.1) is 0 Å². The molecule has 11 nitrogen and oxygen atoms in total. The van der Waals surface area contributed by atoms with Gasteiger partial charge < -0.3 is 14.2 Å². The molecular weight excluding hydrogens is 606 g/mol. The third-order valence-corrected chi connectivity index (χ3v) is 9.46. The van der Waals surface area contributed by atoms with Crippen LogP contribution in [0.15, 0.2) is 104 Å². The average Bonchev–Trinajstić information content (AvgIpc) is 3.74. The van der Waals surface area contributed by atoms with Crippen LogP contribution >= 0.6 is 0 Å². The van der Waals surface area contributed by atoms with Gasteiger partial charge in [0, 0.05) is 0 Å². The number of nitrogens with one attached hydrogen (secondary N) is 1. The Bertz CT molecular complexity index is 1820. The first kappa shape index (κ1) is 30.6. The molecule has 0 unspecified atom stereocenters. The second kappa shape index (κ2) is 12.0. The van der Waals surface area contributed by atoms with Crippen LogP contribution in [0.25, 0.3) is 11.2 Å². The molecule has 238 valence electrons. The molecule has 46 heavy (non-hydrogen) atoms. The minimum atomic E-state index is -4.41. The molecule has 3 aromatic carbocycles. The van der Waals surface area contributed by atoms with Crippen molar-refractivity contribution in [2.75, 3.05) is 6.61 Å². The Kier molecular flexibility index (Phi) is 7.96. The molecular formula is C34H35N5O6S. The fourth-order valence-electron chi connectivity index (χ4n) is 6.48. The summed E-state index contributed by atoms with van der Waals surface area (Å²) >= 11 is 0. The molecule has 0 bridgehead atoms. The van der Waals surface area contributed by atoms with Crippen molar-refractivity contribution in [2.24, 2.45) is 0 Å². The Morgan fingerprint density at radius 3 is 1.98 bits per heavy atom. The lowest BCUT2D eigenvalue weighted by Gasteiger charge is -2.36. The summed E-state index contributed by atoms with van der Waals surface area (Å²) in [6.07, 6.45) is 1.20. The van der Waals surface area contributed by atoms with Gasteiger partial charge in [-0.3, -0.25) is 8.75 Å². The highest BCUT2D eigenvalue weighted by Gasteiger charge is 2.56. The van der Waals surface area contributed by atoms with E-state index in [1.165, 1.54) is 6.33 Å². The van der Waals surface area contributed by atoms with Crippen molar-refractivity contribution < 1.29 is 26.8 Å². The normalized spacial score (nSPS) is 22.7. The Labute approximate surface area is 267 Å². The minimum absolute atomic E-state index is 0.317. The zero-order valence-corrected chi connectivity index (χ0v) is 26.5. The number of hydrogen-bond donors (Lipinski definition) is 1. The number of rotatable bonds is 10. The van der Waals surface area contributed by atoms with E-state index in [0.717, 1.165) is 22.4 Å². The van der Waals surface area contributed by atoms with Gasteiger partial charge in [-0.05, 0) is 37.0 Å². The average molecular weight is 642 g/mol. The zero-order valence-electron chi connectivity index (χ0n) is 25.7. The zero-order chi connectivity index (χ0) is 31.9. The van der Waals surface area contributed by atoms with Crippen LogP contribution in [0.2, 0.25) is 0 Å². The molecule has 2 aromatic heterocycles. The summed E-state index contributed by atoms with van der Waals surface area (Å²) in [5.74, 6) is -0.921. The summed E-state index contributed by atoms with van der Waals surface area (Å²) in [5, 5.41) is 0. The second-order valence-electron chi connectivity index (χ2n) is 11.8. The number of aromatic nitrogens is 4. The Hall–Kier alpha value is -4.04. The fourth-order valence-corrected chi connectivity index (χ4v) is 7.58. The highest BCUT2D eigenvalue weighted by Crippen LogP contribution is 2.44. The maximum atomic E-state index is 14.0. The number of nitrogens with zero attached hydrogens (tertiary/aromatic N) is 4. The smallest absolute Gasteiger partial charge is 0.337 e. The number of ether oxygens (including phenoxy) is 3. The first-order valence-corrected chi connectivity index (χ1v) is 16.6. The fraction of sp³-hybridized carbons (Fsp3) is 0.324. The van der Waals surface area contributed by atoms with Crippen molar-refractivity contribution in [3.63, 3.8) is 0 Å². The summed E-state index contributed by atoms with van der Waals surface area (Å²) in [6, 6.07) is 28.3. The van der Waals surface area contributed by atoms with Crippen molar-refractivity contribution >= 4 is 21.5 Å². The maximum absolute atomic E-state index is 14.0. The van der Waals surface area contributed by atoms with E-state index in [0.29, 0.717) is 17.6 Å². The molecule has 4 heterocycles. The molecule has 0 amide bonds.